The minimum Gasteiger partial charge on any atom is -0.309 e. The van der Waals surface area contributed by atoms with E-state index in [2.05, 4.69) is 26.2 Å². The van der Waals surface area contributed by atoms with Gasteiger partial charge in [-0.05, 0) is 51.1 Å². The summed E-state index contributed by atoms with van der Waals surface area (Å²) in [6.07, 6.45) is 0. The molecule has 1 heterocycles. The van der Waals surface area contributed by atoms with Crippen LogP contribution in [-0.4, -0.2) is 30.7 Å². The third-order valence-electron chi connectivity index (χ3n) is 4.95. The number of nitrogens with zero attached hydrogens (tertiary/aromatic N) is 1. The fourth-order valence-electron chi connectivity index (χ4n) is 3.11. The fraction of sp³-hybridized carbons (Fsp3) is 0.300. The van der Waals surface area contributed by atoms with E-state index >= 15 is 0 Å². The molecule has 0 bridgehead atoms. The van der Waals surface area contributed by atoms with Crippen LogP contribution in [0.5, 0.6) is 0 Å². The molecule has 0 fully saturated rings. The molecule has 2 aromatic rings. The molecule has 0 saturated heterocycles. The van der Waals surface area contributed by atoms with E-state index < -0.39 is 31.8 Å². The molecule has 2 aromatic carbocycles. The van der Waals surface area contributed by atoms with E-state index in [9.17, 15) is 17.6 Å². The number of amides is 1. The van der Waals surface area contributed by atoms with Crippen molar-refractivity contribution < 1.29 is 17.6 Å². The van der Waals surface area contributed by atoms with Gasteiger partial charge in [0.25, 0.3) is 5.91 Å². The van der Waals surface area contributed by atoms with Gasteiger partial charge in [-0.1, -0.05) is 34.1 Å². The number of halogens is 2. The predicted molar refractivity (Wildman–Crippen MR) is 111 cm³/mol. The molecular weight excluding hydrogens is 447 g/mol. The molecule has 1 amide bonds. The summed E-state index contributed by atoms with van der Waals surface area (Å²) in [6.45, 7) is 4.53. The quantitative estimate of drug-likeness (QED) is 0.730. The second kappa shape index (κ2) is 7.08. The Hall–Kier alpha value is -2.06. The first kappa shape index (κ1) is 20.7. The van der Waals surface area contributed by atoms with Crippen LogP contribution < -0.4 is 5.32 Å². The summed E-state index contributed by atoms with van der Waals surface area (Å²) in [5.74, 6) is -1.40. The molecule has 1 N–H and O–H groups in total. The van der Waals surface area contributed by atoms with Crippen molar-refractivity contribution in [2.45, 2.75) is 31.1 Å². The monoisotopic (exact) mass is 466 g/mol. The highest BCUT2D eigenvalue weighted by atomic mass is 79.9. The Balaban J connectivity index is 2.12. The van der Waals surface area contributed by atoms with Gasteiger partial charge in [0.05, 0.1) is 5.75 Å². The Morgan fingerprint density at radius 3 is 2.43 bits per heavy atom. The van der Waals surface area contributed by atoms with E-state index in [-0.39, 0.29) is 17.2 Å². The zero-order chi connectivity index (χ0) is 20.7. The highest BCUT2D eigenvalue weighted by molar-refractivity contribution is 9.10. The zero-order valence-electron chi connectivity index (χ0n) is 15.7. The maximum Gasteiger partial charge on any atom is 0.256 e. The first-order valence-corrected chi connectivity index (χ1v) is 11.1. The van der Waals surface area contributed by atoms with Crippen LogP contribution in [-0.2, 0) is 15.4 Å². The minimum absolute atomic E-state index is 0.00511. The third kappa shape index (κ3) is 3.63. The molecular formula is C20H20BrFN2O3S. The smallest absolute Gasteiger partial charge is 0.256 e. The summed E-state index contributed by atoms with van der Waals surface area (Å²) < 4.78 is 39.8. The van der Waals surface area contributed by atoms with Crippen LogP contribution in [0.3, 0.4) is 0 Å². The number of aliphatic imine (C=N–C) groups is 1. The van der Waals surface area contributed by atoms with Crippen LogP contribution in [0.2, 0.25) is 0 Å². The lowest BCUT2D eigenvalue weighted by molar-refractivity contribution is 0.0975. The minimum atomic E-state index is -3.75. The number of hydrogen-bond donors (Lipinski definition) is 1. The van der Waals surface area contributed by atoms with Crippen LogP contribution in [0.1, 0.15) is 36.7 Å². The summed E-state index contributed by atoms with van der Waals surface area (Å²) in [6, 6.07) is 12.7. The second-order valence-electron chi connectivity index (χ2n) is 7.45. The fourth-order valence-corrected chi connectivity index (χ4v) is 5.18. The summed E-state index contributed by atoms with van der Waals surface area (Å²) in [5, 5.41) is 2.64. The number of rotatable bonds is 2. The molecule has 148 valence electrons. The van der Waals surface area contributed by atoms with Crippen LogP contribution in [0.15, 0.2) is 58.0 Å². The number of amidine groups is 1. The highest BCUT2D eigenvalue weighted by Gasteiger charge is 2.50. The average Bonchev–Trinajstić information content (AvgIpc) is 2.62. The Morgan fingerprint density at radius 2 is 1.79 bits per heavy atom. The summed E-state index contributed by atoms with van der Waals surface area (Å²) in [4.78, 5) is 17.2. The Kier molecular flexibility index (Phi) is 5.22. The van der Waals surface area contributed by atoms with E-state index in [1.165, 1.54) is 32.0 Å². The number of nitrogens with one attached hydrogen (secondary N) is 1. The Bertz CT molecular complexity index is 1070. The molecule has 8 heteroatoms. The first-order chi connectivity index (χ1) is 13.0. The van der Waals surface area contributed by atoms with Gasteiger partial charge in [0, 0.05) is 15.6 Å². The van der Waals surface area contributed by atoms with Gasteiger partial charge in [0.2, 0.25) is 0 Å². The van der Waals surface area contributed by atoms with Crippen molar-refractivity contribution in [3.8, 4) is 0 Å². The topological polar surface area (TPSA) is 75.6 Å². The largest absolute Gasteiger partial charge is 0.309 e. The Morgan fingerprint density at radius 1 is 1.14 bits per heavy atom. The molecule has 1 aliphatic rings. The SMILES string of the molecule is CC1(C)C(NC(=O)c2ccccc2)=N[C@@](C)(c2cc(Br)ccc2F)CS1(=O)=O. The molecule has 28 heavy (non-hydrogen) atoms. The first-order valence-electron chi connectivity index (χ1n) is 8.61. The van der Waals surface area contributed by atoms with Crippen molar-refractivity contribution >= 4 is 37.5 Å². The number of sulfone groups is 1. The molecule has 0 saturated carbocycles. The standard InChI is InChI=1S/C20H20BrFN2O3S/c1-19(2)18(23-17(25)13-7-5-4-6-8-13)24-20(3,12-28(19,26)27)15-11-14(21)9-10-16(15)22/h4-11H,12H2,1-3H3,(H,23,24,25)/t20-/m1/s1. The van der Waals surface area contributed by atoms with Crippen molar-refractivity contribution in [1.82, 2.24) is 5.32 Å². The summed E-state index contributed by atoms with van der Waals surface area (Å²) in [7, 11) is -3.75. The summed E-state index contributed by atoms with van der Waals surface area (Å²) in [5.41, 5.74) is -0.853. The van der Waals surface area contributed by atoms with Crippen LogP contribution in [0.25, 0.3) is 0 Å². The van der Waals surface area contributed by atoms with Gasteiger partial charge in [-0.25, -0.2) is 12.8 Å². The van der Waals surface area contributed by atoms with Gasteiger partial charge in [-0.2, -0.15) is 0 Å². The molecule has 0 unspecified atom stereocenters. The summed E-state index contributed by atoms with van der Waals surface area (Å²) >= 11 is 3.29. The van der Waals surface area contributed by atoms with Gasteiger partial charge in [-0.15, -0.1) is 0 Å². The Labute approximate surface area is 172 Å². The molecule has 0 aliphatic carbocycles. The lowest BCUT2D eigenvalue weighted by Gasteiger charge is -2.39. The van der Waals surface area contributed by atoms with Crippen LogP contribution in [0.4, 0.5) is 4.39 Å². The zero-order valence-corrected chi connectivity index (χ0v) is 18.1. The predicted octanol–water partition coefficient (Wildman–Crippen LogP) is 3.84. The van der Waals surface area contributed by atoms with E-state index in [4.69, 9.17) is 0 Å². The van der Waals surface area contributed by atoms with E-state index in [0.29, 0.717) is 10.0 Å². The van der Waals surface area contributed by atoms with Crippen molar-refractivity contribution in [3.63, 3.8) is 0 Å². The number of benzene rings is 2. The molecule has 5 nitrogen and oxygen atoms in total. The van der Waals surface area contributed by atoms with Gasteiger partial charge in [-0.3, -0.25) is 9.79 Å². The number of carbonyl (C=O) groups excluding carboxylic acids is 1. The molecule has 0 spiro atoms. The normalized spacial score (nSPS) is 23.0. The number of hydrogen-bond acceptors (Lipinski definition) is 4. The molecule has 1 aliphatic heterocycles. The molecule has 0 aromatic heterocycles. The maximum atomic E-state index is 14.5. The van der Waals surface area contributed by atoms with Gasteiger partial charge in [0.1, 0.15) is 21.9 Å². The van der Waals surface area contributed by atoms with Gasteiger partial charge < -0.3 is 5.32 Å². The van der Waals surface area contributed by atoms with Crippen molar-refractivity contribution in [2.24, 2.45) is 4.99 Å². The van der Waals surface area contributed by atoms with Gasteiger partial charge >= 0.3 is 0 Å². The molecule has 1 atom stereocenters. The second-order valence-corrected chi connectivity index (χ2v) is 10.9. The van der Waals surface area contributed by atoms with Crippen molar-refractivity contribution in [3.05, 3.63) is 69.9 Å². The van der Waals surface area contributed by atoms with E-state index in [1.807, 2.05) is 0 Å². The van der Waals surface area contributed by atoms with Crippen molar-refractivity contribution in [1.29, 1.82) is 0 Å². The number of carbonyl (C=O) groups is 1. The van der Waals surface area contributed by atoms with E-state index in [1.54, 1.807) is 37.3 Å². The molecule has 0 radical (unpaired) electrons. The van der Waals surface area contributed by atoms with Crippen LogP contribution >= 0.6 is 15.9 Å². The lowest BCUT2D eigenvalue weighted by atomic mass is 9.93. The van der Waals surface area contributed by atoms with Crippen LogP contribution in [0, 0.1) is 5.82 Å². The van der Waals surface area contributed by atoms with E-state index in [0.717, 1.165) is 0 Å². The average molecular weight is 467 g/mol. The highest BCUT2D eigenvalue weighted by Crippen LogP contribution is 2.39. The van der Waals surface area contributed by atoms with Gasteiger partial charge in [0.15, 0.2) is 9.84 Å². The third-order valence-corrected chi connectivity index (χ3v) is 8.14. The van der Waals surface area contributed by atoms with Crippen molar-refractivity contribution in [2.75, 3.05) is 5.75 Å². The molecule has 3 rings (SSSR count). The maximum absolute atomic E-state index is 14.5. The lowest BCUT2D eigenvalue weighted by Crippen LogP contribution is -2.57.